The van der Waals surface area contributed by atoms with Crippen molar-refractivity contribution in [3.8, 4) is 17.2 Å². The van der Waals surface area contributed by atoms with Gasteiger partial charge in [0.05, 0.1) is 11.6 Å². The molecular weight excluding hydrogens is 288 g/mol. The molecule has 1 aromatic heterocycles. The zero-order valence-corrected chi connectivity index (χ0v) is 13.3. The number of carbonyl (C=O) groups is 1. The van der Waals surface area contributed by atoms with E-state index in [4.69, 9.17) is 0 Å². The molecule has 1 amide bonds. The lowest BCUT2D eigenvalue weighted by atomic mass is 9.93. The van der Waals surface area contributed by atoms with Crippen LogP contribution in [-0.4, -0.2) is 31.5 Å². The van der Waals surface area contributed by atoms with Crippen molar-refractivity contribution in [3.05, 3.63) is 47.3 Å². The normalized spacial score (nSPS) is 13.2. The van der Waals surface area contributed by atoms with E-state index in [0.29, 0.717) is 11.3 Å². The average Bonchev–Trinajstić information content (AvgIpc) is 2.60. The van der Waals surface area contributed by atoms with E-state index >= 15 is 0 Å². The van der Waals surface area contributed by atoms with Gasteiger partial charge in [0.2, 0.25) is 0 Å². The number of aryl methyl sites for hydroxylation is 1. The molecular formula is C18H18N4O. The maximum Gasteiger partial charge on any atom is 0.269 e. The number of fused-ring (bicyclic) bond motifs is 1. The summed E-state index contributed by atoms with van der Waals surface area (Å²) in [5.74, 6) is -0.218. The Kier molecular flexibility index (Phi) is 3.98. The first-order valence-corrected chi connectivity index (χ1v) is 7.60. The summed E-state index contributed by atoms with van der Waals surface area (Å²) < 4.78 is 0. The first kappa shape index (κ1) is 15.0. The molecule has 116 valence electrons. The molecule has 1 aliphatic heterocycles. The Morgan fingerprint density at radius 2 is 2.22 bits per heavy atom. The maximum atomic E-state index is 11.6. The molecule has 1 aliphatic rings. The van der Waals surface area contributed by atoms with Crippen molar-refractivity contribution in [1.82, 2.24) is 10.3 Å². The molecule has 0 radical (unpaired) electrons. The minimum Gasteiger partial charge on any atom is -0.374 e. The number of amides is 1. The van der Waals surface area contributed by atoms with Gasteiger partial charge in [-0.3, -0.25) is 9.78 Å². The van der Waals surface area contributed by atoms with Gasteiger partial charge in [-0.25, -0.2) is 0 Å². The molecule has 2 aromatic rings. The van der Waals surface area contributed by atoms with Crippen molar-refractivity contribution in [3.63, 3.8) is 0 Å². The van der Waals surface area contributed by atoms with E-state index < -0.39 is 0 Å². The number of carbonyl (C=O) groups excluding carboxylic acids is 1. The molecule has 0 aliphatic carbocycles. The number of rotatable bonds is 2. The van der Waals surface area contributed by atoms with Crippen LogP contribution in [0.1, 0.15) is 28.0 Å². The highest BCUT2D eigenvalue weighted by atomic mass is 16.1. The SMILES string of the molecule is CNC(=O)c1ccc(-c2cc3c(cc2C#N)N(C)CCC3)cn1. The van der Waals surface area contributed by atoms with E-state index in [1.165, 1.54) is 5.56 Å². The Labute approximate surface area is 135 Å². The summed E-state index contributed by atoms with van der Waals surface area (Å²) >= 11 is 0. The van der Waals surface area contributed by atoms with Gasteiger partial charge in [0, 0.05) is 43.7 Å². The van der Waals surface area contributed by atoms with Crippen LogP contribution in [0.3, 0.4) is 0 Å². The third-order valence-electron chi connectivity index (χ3n) is 4.22. The Hall–Kier alpha value is -2.87. The molecule has 1 N–H and O–H groups in total. The van der Waals surface area contributed by atoms with Crippen LogP contribution in [0.2, 0.25) is 0 Å². The van der Waals surface area contributed by atoms with Crippen molar-refractivity contribution in [1.29, 1.82) is 5.26 Å². The second-order valence-corrected chi connectivity index (χ2v) is 5.67. The molecule has 0 spiro atoms. The first-order valence-electron chi connectivity index (χ1n) is 7.60. The molecule has 0 atom stereocenters. The van der Waals surface area contributed by atoms with E-state index in [-0.39, 0.29) is 5.91 Å². The van der Waals surface area contributed by atoms with Crippen LogP contribution in [0.25, 0.3) is 11.1 Å². The van der Waals surface area contributed by atoms with Crippen molar-refractivity contribution in [2.75, 3.05) is 25.5 Å². The minimum absolute atomic E-state index is 0.218. The number of pyridine rings is 1. The largest absolute Gasteiger partial charge is 0.374 e. The monoisotopic (exact) mass is 306 g/mol. The molecule has 3 rings (SSSR count). The van der Waals surface area contributed by atoms with Crippen LogP contribution in [-0.2, 0) is 6.42 Å². The summed E-state index contributed by atoms with van der Waals surface area (Å²) in [7, 11) is 3.63. The van der Waals surface area contributed by atoms with Crippen LogP contribution in [0, 0.1) is 11.3 Å². The summed E-state index contributed by atoms with van der Waals surface area (Å²) in [6.45, 7) is 1.01. The predicted molar refractivity (Wildman–Crippen MR) is 89.4 cm³/mol. The van der Waals surface area contributed by atoms with Crippen LogP contribution >= 0.6 is 0 Å². The Morgan fingerprint density at radius 3 is 2.87 bits per heavy atom. The quantitative estimate of drug-likeness (QED) is 0.925. The maximum absolute atomic E-state index is 11.6. The highest BCUT2D eigenvalue weighted by Gasteiger charge is 2.18. The lowest BCUT2D eigenvalue weighted by Crippen LogP contribution is -2.24. The third-order valence-corrected chi connectivity index (χ3v) is 4.22. The topological polar surface area (TPSA) is 69.0 Å². The zero-order valence-electron chi connectivity index (χ0n) is 13.3. The number of benzene rings is 1. The summed E-state index contributed by atoms with van der Waals surface area (Å²) in [5, 5.41) is 12.0. The number of hydrogen-bond acceptors (Lipinski definition) is 4. The summed E-state index contributed by atoms with van der Waals surface area (Å²) in [5.41, 5.74) is 5.11. The second kappa shape index (κ2) is 6.09. The van der Waals surface area contributed by atoms with Crippen LogP contribution < -0.4 is 10.2 Å². The van der Waals surface area contributed by atoms with Gasteiger partial charge in [0.1, 0.15) is 5.69 Å². The van der Waals surface area contributed by atoms with Crippen molar-refractivity contribution < 1.29 is 4.79 Å². The summed E-state index contributed by atoms with van der Waals surface area (Å²) in [6, 6.07) is 9.84. The fourth-order valence-corrected chi connectivity index (χ4v) is 2.96. The number of aromatic nitrogens is 1. The van der Waals surface area contributed by atoms with E-state index in [2.05, 4.69) is 34.4 Å². The molecule has 5 nitrogen and oxygen atoms in total. The first-order chi connectivity index (χ1) is 11.1. The number of nitriles is 1. The summed E-state index contributed by atoms with van der Waals surface area (Å²) in [6.07, 6.45) is 3.78. The zero-order chi connectivity index (χ0) is 16.4. The number of hydrogen-bond donors (Lipinski definition) is 1. The van der Waals surface area contributed by atoms with Crippen molar-refractivity contribution in [2.45, 2.75) is 12.8 Å². The van der Waals surface area contributed by atoms with E-state index in [9.17, 15) is 10.1 Å². The van der Waals surface area contributed by atoms with Crippen LogP contribution in [0.5, 0.6) is 0 Å². The van der Waals surface area contributed by atoms with E-state index in [1.54, 1.807) is 19.3 Å². The molecule has 1 aromatic carbocycles. The lowest BCUT2D eigenvalue weighted by Gasteiger charge is -2.28. The number of anilines is 1. The molecule has 5 heteroatoms. The highest BCUT2D eigenvalue weighted by molar-refractivity contribution is 5.92. The van der Waals surface area contributed by atoms with Gasteiger partial charge >= 0.3 is 0 Å². The predicted octanol–water partition coefficient (Wildman–Crippen LogP) is 2.36. The molecule has 23 heavy (non-hydrogen) atoms. The molecule has 0 saturated heterocycles. The van der Waals surface area contributed by atoms with Gasteiger partial charge in [0.25, 0.3) is 5.91 Å². The van der Waals surface area contributed by atoms with Crippen molar-refractivity contribution in [2.24, 2.45) is 0 Å². The van der Waals surface area contributed by atoms with Gasteiger partial charge in [-0.2, -0.15) is 5.26 Å². The fourth-order valence-electron chi connectivity index (χ4n) is 2.96. The molecule has 2 heterocycles. The highest BCUT2D eigenvalue weighted by Crippen LogP contribution is 2.33. The smallest absolute Gasteiger partial charge is 0.269 e. The van der Waals surface area contributed by atoms with Gasteiger partial charge < -0.3 is 10.2 Å². The van der Waals surface area contributed by atoms with Crippen LogP contribution in [0.15, 0.2) is 30.5 Å². The van der Waals surface area contributed by atoms with E-state index in [0.717, 1.165) is 36.2 Å². The van der Waals surface area contributed by atoms with E-state index in [1.807, 2.05) is 12.1 Å². The fraction of sp³-hybridized carbons (Fsp3) is 0.278. The van der Waals surface area contributed by atoms with Gasteiger partial charge in [-0.15, -0.1) is 0 Å². The second-order valence-electron chi connectivity index (χ2n) is 5.67. The Balaban J connectivity index is 2.06. The van der Waals surface area contributed by atoms with Gasteiger partial charge in [0.15, 0.2) is 0 Å². The Bertz CT molecular complexity index is 790. The molecule has 0 unspecified atom stereocenters. The number of nitrogens with zero attached hydrogens (tertiary/aromatic N) is 3. The lowest BCUT2D eigenvalue weighted by molar-refractivity contribution is 0.0958. The molecule has 0 saturated carbocycles. The third kappa shape index (κ3) is 2.76. The minimum atomic E-state index is -0.218. The molecule has 0 fully saturated rings. The van der Waals surface area contributed by atoms with Gasteiger partial charge in [-0.05, 0) is 36.6 Å². The average molecular weight is 306 g/mol. The Morgan fingerprint density at radius 1 is 1.39 bits per heavy atom. The van der Waals surface area contributed by atoms with Crippen molar-refractivity contribution >= 4 is 11.6 Å². The standard InChI is InChI=1S/C18H18N4O/c1-20-18(23)16-6-5-13(11-21-16)15-8-12-4-3-7-22(2)17(12)9-14(15)10-19/h5-6,8-9,11H,3-4,7H2,1-2H3,(H,20,23). The van der Waals surface area contributed by atoms with Gasteiger partial charge in [-0.1, -0.05) is 6.07 Å². The van der Waals surface area contributed by atoms with Crippen LogP contribution in [0.4, 0.5) is 5.69 Å². The summed E-state index contributed by atoms with van der Waals surface area (Å²) in [4.78, 5) is 18.0. The molecule has 0 bridgehead atoms. The number of nitrogens with one attached hydrogen (secondary N) is 1.